The molecule has 0 fully saturated rings. The molecule has 0 saturated heterocycles. The van der Waals surface area contributed by atoms with Gasteiger partial charge in [-0.25, -0.2) is 4.98 Å². The Morgan fingerprint density at radius 2 is 2.39 bits per heavy atom. The van der Waals surface area contributed by atoms with Gasteiger partial charge in [-0.3, -0.25) is 4.79 Å². The van der Waals surface area contributed by atoms with Gasteiger partial charge in [-0.15, -0.1) is 6.42 Å². The summed E-state index contributed by atoms with van der Waals surface area (Å²) in [6.07, 6.45) is 6.67. The second-order valence-corrected chi connectivity index (χ2v) is 3.75. The number of rotatable bonds is 6. The van der Waals surface area contributed by atoms with E-state index in [-0.39, 0.29) is 18.6 Å². The van der Waals surface area contributed by atoms with Gasteiger partial charge < -0.3 is 15.4 Å². The zero-order chi connectivity index (χ0) is 13.4. The molecule has 0 radical (unpaired) electrons. The molecule has 1 rings (SSSR count). The number of nitrogens with one attached hydrogen (secondary N) is 2. The largest absolute Gasteiger partial charge is 0.380 e. The van der Waals surface area contributed by atoms with Crippen LogP contribution in [0.15, 0.2) is 18.3 Å². The van der Waals surface area contributed by atoms with Crippen molar-refractivity contribution in [3.05, 3.63) is 23.9 Å². The zero-order valence-corrected chi connectivity index (χ0v) is 10.6. The van der Waals surface area contributed by atoms with Crippen molar-refractivity contribution in [2.24, 2.45) is 0 Å². The number of hydrogen-bond donors (Lipinski definition) is 2. The van der Waals surface area contributed by atoms with Gasteiger partial charge in [0, 0.05) is 19.9 Å². The number of ether oxygens (including phenoxy) is 1. The quantitative estimate of drug-likeness (QED) is 0.733. The molecule has 0 spiro atoms. The standard InChI is InChI=1S/C13H17N3O2/c1-4-7-14-13(17)11-5-6-12(16-9-11)15-8-10(2)18-3/h1,5-6,9-10H,7-8H2,2-3H3,(H,14,17)(H,15,16). The average Bonchev–Trinajstić information content (AvgIpc) is 2.42. The van der Waals surface area contributed by atoms with Crippen LogP contribution in [0.4, 0.5) is 5.82 Å². The van der Waals surface area contributed by atoms with Gasteiger partial charge in [0.1, 0.15) is 5.82 Å². The molecule has 18 heavy (non-hydrogen) atoms. The molecule has 1 unspecified atom stereocenters. The maximum atomic E-state index is 11.5. The predicted molar refractivity (Wildman–Crippen MR) is 70.4 cm³/mol. The molecule has 0 aliphatic carbocycles. The van der Waals surface area contributed by atoms with Crippen LogP contribution in [-0.2, 0) is 4.74 Å². The van der Waals surface area contributed by atoms with E-state index in [0.29, 0.717) is 17.9 Å². The summed E-state index contributed by atoms with van der Waals surface area (Å²) in [7, 11) is 1.65. The predicted octanol–water partition coefficient (Wildman–Crippen LogP) is 0.891. The molecule has 1 aromatic rings. The van der Waals surface area contributed by atoms with Crippen molar-refractivity contribution < 1.29 is 9.53 Å². The summed E-state index contributed by atoms with van der Waals surface area (Å²) in [6.45, 7) is 2.82. The van der Waals surface area contributed by atoms with Gasteiger partial charge in [-0.05, 0) is 19.1 Å². The van der Waals surface area contributed by atoms with E-state index in [0.717, 1.165) is 0 Å². The lowest BCUT2D eigenvalue weighted by atomic mass is 10.2. The molecule has 1 atom stereocenters. The highest BCUT2D eigenvalue weighted by Crippen LogP contribution is 2.05. The molecule has 0 aromatic carbocycles. The van der Waals surface area contributed by atoms with E-state index in [9.17, 15) is 4.79 Å². The van der Waals surface area contributed by atoms with E-state index in [4.69, 9.17) is 11.2 Å². The number of terminal acetylenes is 1. The SMILES string of the molecule is C#CCNC(=O)c1ccc(NCC(C)OC)nc1. The Bertz CT molecular complexity index is 423. The van der Waals surface area contributed by atoms with Crippen LogP contribution in [0.25, 0.3) is 0 Å². The summed E-state index contributed by atoms with van der Waals surface area (Å²) < 4.78 is 5.10. The first kappa shape index (κ1) is 14.0. The first-order valence-corrected chi connectivity index (χ1v) is 5.61. The number of carbonyl (C=O) groups is 1. The van der Waals surface area contributed by atoms with Crippen molar-refractivity contribution >= 4 is 11.7 Å². The second-order valence-electron chi connectivity index (χ2n) is 3.75. The third-order valence-corrected chi connectivity index (χ3v) is 2.35. The van der Waals surface area contributed by atoms with Gasteiger partial charge in [0.05, 0.1) is 18.2 Å². The van der Waals surface area contributed by atoms with Gasteiger partial charge in [0.25, 0.3) is 5.91 Å². The summed E-state index contributed by atoms with van der Waals surface area (Å²) in [5.41, 5.74) is 0.482. The lowest BCUT2D eigenvalue weighted by Gasteiger charge is -2.11. The van der Waals surface area contributed by atoms with Gasteiger partial charge in [0.2, 0.25) is 0 Å². The zero-order valence-electron chi connectivity index (χ0n) is 10.6. The molecule has 5 nitrogen and oxygen atoms in total. The number of aromatic nitrogens is 1. The highest BCUT2D eigenvalue weighted by molar-refractivity contribution is 5.94. The first-order valence-electron chi connectivity index (χ1n) is 5.61. The van der Waals surface area contributed by atoms with Crippen molar-refractivity contribution in [1.82, 2.24) is 10.3 Å². The minimum atomic E-state index is -0.225. The molecule has 1 amide bonds. The Hall–Kier alpha value is -2.06. The molecule has 2 N–H and O–H groups in total. The Labute approximate surface area is 107 Å². The fraction of sp³-hybridized carbons (Fsp3) is 0.385. The van der Waals surface area contributed by atoms with Crippen LogP contribution in [0.5, 0.6) is 0 Å². The summed E-state index contributed by atoms with van der Waals surface area (Å²) in [4.78, 5) is 15.7. The van der Waals surface area contributed by atoms with Crippen LogP contribution >= 0.6 is 0 Å². The van der Waals surface area contributed by atoms with Gasteiger partial charge in [-0.1, -0.05) is 5.92 Å². The van der Waals surface area contributed by atoms with E-state index < -0.39 is 0 Å². The molecular formula is C13H17N3O2. The maximum absolute atomic E-state index is 11.5. The Kier molecular flexibility index (Phi) is 5.68. The highest BCUT2D eigenvalue weighted by Gasteiger charge is 2.05. The van der Waals surface area contributed by atoms with Crippen molar-refractivity contribution in [2.75, 3.05) is 25.5 Å². The number of anilines is 1. The second kappa shape index (κ2) is 7.30. The number of methoxy groups -OCH3 is 1. The van der Waals surface area contributed by atoms with Crippen molar-refractivity contribution in [2.45, 2.75) is 13.0 Å². The summed E-state index contributed by atoms with van der Waals surface area (Å²) in [5.74, 6) is 2.82. The van der Waals surface area contributed by atoms with E-state index >= 15 is 0 Å². The number of hydrogen-bond acceptors (Lipinski definition) is 4. The van der Waals surface area contributed by atoms with E-state index in [1.54, 1.807) is 19.2 Å². The minimum Gasteiger partial charge on any atom is -0.380 e. The van der Waals surface area contributed by atoms with Crippen LogP contribution < -0.4 is 10.6 Å². The number of amides is 1. The average molecular weight is 247 g/mol. The third kappa shape index (κ3) is 4.44. The van der Waals surface area contributed by atoms with Crippen LogP contribution in [0, 0.1) is 12.3 Å². The summed E-state index contributed by atoms with van der Waals surface area (Å²) >= 11 is 0. The molecule has 0 saturated carbocycles. The lowest BCUT2D eigenvalue weighted by Crippen LogP contribution is -2.23. The van der Waals surface area contributed by atoms with Crippen LogP contribution in [-0.4, -0.2) is 37.2 Å². The fourth-order valence-corrected chi connectivity index (χ4v) is 1.20. The minimum absolute atomic E-state index is 0.102. The normalized spacial score (nSPS) is 11.4. The van der Waals surface area contributed by atoms with E-state index in [1.165, 1.54) is 6.20 Å². The first-order chi connectivity index (χ1) is 8.67. The van der Waals surface area contributed by atoms with Gasteiger partial charge in [0.15, 0.2) is 0 Å². The van der Waals surface area contributed by atoms with Gasteiger partial charge >= 0.3 is 0 Å². The van der Waals surface area contributed by atoms with Crippen molar-refractivity contribution in [3.8, 4) is 12.3 Å². The molecule has 1 heterocycles. The Balaban J connectivity index is 2.52. The molecule has 5 heteroatoms. The summed E-state index contributed by atoms with van der Waals surface area (Å²) in [5, 5.41) is 5.68. The Morgan fingerprint density at radius 1 is 1.61 bits per heavy atom. The number of nitrogens with zero attached hydrogens (tertiary/aromatic N) is 1. The molecular weight excluding hydrogens is 230 g/mol. The monoisotopic (exact) mass is 247 g/mol. The van der Waals surface area contributed by atoms with Gasteiger partial charge in [-0.2, -0.15) is 0 Å². The molecule has 96 valence electrons. The van der Waals surface area contributed by atoms with Crippen LogP contribution in [0.3, 0.4) is 0 Å². The third-order valence-electron chi connectivity index (χ3n) is 2.35. The topological polar surface area (TPSA) is 63.2 Å². The number of pyridine rings is 1. The lowest BCUT2D eigenvalue weighted by molar-refractivity contribution is 0.0958. The molecule has 0 aliphatic rings. The number of carbonyl (C=O) groups excluding carboxylic acids is 1. The van der Waals surface area contributed by atoms with Crippen molar-refractivity contribution in [3.63, 3.8) is 0 Å². The van der Waals surface area contributed by atoms with E-state index in [1.807, 2.05) is 6.92 Å². The molecule has 0 bridgehead atoms. The van der Waals surface area contributed by atoms with Crippen molar-refractivity contribution in [1.29, 1.82) is 0 Å². The van der Waals surface area contributed by atoms with Crippen LogP contribution in [0.2, 0.25) is 0 Å². The van der Waals surface area contributed by atoms with Crippen LogP contribution in [0.1, 0.15) is 17.3 Å². The molecule has 1 aromatic heterocycles. The fourth-order valence-electron chi connectivity index (χ4n) is 1.20. The molecule has 0 aliphatic heterocycles. The van der Waals surface area contributed by atoms with E-state index in [2.05, 4.69) is 21.5 Å². The maximum Gasteiger partial charge on any atom is 0.253 e. The highest BCUT2D eigenvalue weighted by atomic mass is 16.5. The summed E-state index contributed by atoms with van der Waals surface area (Å²) in [6, 6.07) is 3.44. The Morgan fingerprint density at radius 3 is 2.94 bits per heavy atom. The smallest absolute Gasteiger partial charge is 0.253 e.